The number of halogens is 3. The van der Waals surface area contributed by atoms with Crippen molar-refractivity contribution in [2.75, 3.05) is 5.32 Å². The summed E-state index contributed by atoms with van der Waals surface area (Å²) >= 11 is 0. The minimum atomic E-state index is -4.68. The van der Waals surface area contributed by atoms with Crippen LogP contribution in [0.15, 0.2) is 24.4 Å². The van der Waals surface area contributed by atoms with E-state index in [1.54, 1.807) is 6.07 Å². The number of benzene rings is 1. The van der Waals surface area contributed by atoms with Crippen LogP contribution in [0.3, 0.4) is 0 Å². The number of hydrogen-bond acceptors (Lipinski definition) is 2. The Morgan fingerprint density at radius 3 is 2.68 bits per heavy atom. The molecule has 0 aliphatic heterocycles. The molecule has 3 rings (SSSR count). The number of anilines is 1. The molecule has 134 valence electrons. The Morgan fingerprint density at radius 1 is 1.36 bits per heavy atom. The Hall–Kier alpha value is -2.31. The first-order valence-corrected chi connectivity index (χ1v) is 8.06. The second kappa shape index (κ2) is 5.61. The van der Waals surface area contributed by atoms with Crippen LogP contribution < -0.4 is 5.32 Å². The summed E-state index contributed by atoms with van der Waals surface area (Å²) in [7, 11) is 1.36. The average Bonchev–Trinajstić information content (AvgIpc) is 2.98. The van der Waals surface area contributed by atoms with Gasteiger partial charge in [-0.05, 0) is 34.9 Å². The van der Waals surface area contributed by atoms with Crippen LogP contribution in [-0.4, -0.2) is 15.7 Å². The number of fused-ring (bicyclic) bond motifs is 1. The molecule has 0 saturated carbocycles. The fourth-order valence-corrected chi connectivity index (χ4v) is 3.87. The normalized spacial score (nSPS) is 18.9. The number of rotatable bonds is 2. The molecule has 1 N–H and O–H groups in total. The largest absolute Gasteiger partial charge is 0.435 e. The molecule has 1 amide bonds. The van der Waals surface area contributed by atoms with Crippen LogP contribution in [0.25, 0.3) is 0 Å². The minimum absolute atomic E-state index is 0.152. The summed E-state index contributed by atoms with van der Waals surface area (Å²) in [6.45, 7) is 6.27. The monoisotopic (exact) mass is 351 g/mol. The van der Waals surface area contributed by atoms with E-state index >= 15 is 0 Å². The van der Waals surface area contributed by atoms with Crippen LogP contribution >= 0.6 is 0 Å². The highest BCUT2D eigenvalue weighted by molar-refractivity contribution is 6.05. The molecule has 1 atom stereocenters. The van der Waals surface area contributed by atoms with Gasteiger partial charge in [-0.15, -0.1) is 0 Å². The van der Waals surface area contributed by atoms with E-state index in [-0.39, 0.29) is 5.41 Å². The molecular weight excluding hydrogens is 331 g/mol. The van der Waals surface area contributed by atoms with Gasteiger partial charge in [0.2, 0.25) is 0 Å². The number of carbonyl (C=O) groups excluding carboxylic acids is 1. The molecule has 0 radical (unpaired) electrons. The summed E-state index contributed by atoms with van der Waals surface area (Å²) in [6.07, 6.45) is -2.66. The van der Waals surface area contributed by atoms with Gasteiger partial charge >= 0.3 is 6.18 Å². The van der Waals surface area contributed by atoms with Crippen molar-refractivity contribution in [3.8, 4) is 0 Å². The van der Waals surface area contributed by atoms with Gasteiger partial charge in [-0.25, -0.2) is 0 Å². The first kappa shape index (κ1) is 17.5. The predicted molar refractivity (Wildman–Crippen MR) is 88.7 cm³/mol. The lowest BCUT2D eigenvalue weighted by Gasteiger charge is -2.22. The third kappa shape index (κ3) is 3.03. The quantitative estimate of drug-likeness (QED) is 0.867. The highest BCUT2D eigenvalue weighted by Gasteiger charge is 2.40. The molecule has 1 aliphatic carbocycles. The van der Waals surface area contributed by atoms with Gasteiger partial charge in [0.15, 0.2) is 5.69 Å². The fraction of sp³-hybridized carbons (Fsp3) is 0.444. The molecule has 1 aliphatic rings. The maximum absolute atomic E-state index is 13.1. The lowest BCUT2D eigenvalue weighted by molar-refractivity contribution is -0.141. The molecule has 1 unspecified atom stereocenters. The molecule has 4 nitrogen and oxygen atoms in total. The van der Waals surface area contributed by atoms with Crippen molar-refractivity contribution in [2.45, 2.75) is 44.7 Å². The summed E-state index contributed by atoms with van der Waals surface area (Å²) in [5.74, 6) is -0.463. The molecule has 0 saturated heterocycles. The highest BCUT2D eigenvalue weighted by atomic mass is 19.4. The molecule has 0 spiro atoms. The maximum Gasteiger partial charge on any atom is 0.435 e. The summed E-state index contributed by atoms with van der Waals surface area (Å²) in [6, 6.07) is 5.57. The lowest BCUT2D eigenvalue weighted by atomic mass is 9.85. The van der Waals surface area contributed by atoms with Crippen LogP contribution in [0.1, 0.15) is 60.3 Å². The van der Waals surface area contributed by atoms with Crippen molar-refractivity contribution in [1.29, 1.82) is 0 Å². The summed E-state index contributed by atoms with van der Waals surface area (Å²) in [4.78, 5) is 12.5. The maximum atomic E-state index is 13.1. The Balaban J connectivity index is 2.00. The highest BCUT2D eigenvalue weighted by Crippen LogP contribution is 2.48. The number of aromatic nitrogens is 2. The third-order valence-electron chi connectivity index (χ3n) is 4.71. The lowest BCUT2D eigenvalue weighted by Crippen LogP contribution is -2.21. The summed E-state index contributed by atoms with van der Waals surface area (Å²) in [5.41, 5.74) is 0.886. The van der Waals surface area contributed by atoms with E-state index in [2.05, 4.69) is 31.2 Å². The van der Waals surface area contributed by atoms with Crippen molar-refractivity contribution in [3.05, 3.63) is 46.8 Å². The summed E-state index contributed by atoms with van der Waals surface area (Å²) < 4.78 is 40.3. The Morgan fingerprint density at radius 2 is 2.04 bits per heavy atom. The zero-order valence-corrected chi connectivity index (χ0v) is 14.5. The standard InChI is InChI=1S/C18H20F3N3O/c1-10-8-17(2,3)14-11(10)6-5-7-13(14)22-16(25)12-9-24(4)23-15(12)18(19,20)21/h5-7,9-10H,8H2,1-4H3,(H,22,25). The second-order valence-electron chi connectivity index (χ2n) is 7.28. The van der Waals surface area contributed by atoms with Gasteiger partial charge in [0.1, 0.15) is 0 Å². The zero-order valence-electron chi connectivity index (χ0n) is 14.5. The van der Waals surface area contributed by atoms with Gasteiger partial charge in [0, 0.05) is 18.9 Å². The van der Waals surface area contributed by atoms with Gasteiger partial charge < -0.3 is 5.32 Å². The number of amides is 1. The van der Waals surface area contributed by atoms with Gasteiger partial charge in [0.25, 0.3) is 5.91 Å². The molecule has 0 fully saturated rings. The van der Waals surface area contributed by atoms with Gasteiger partial charge in [0.05, 0.1) is 5.56 Å². The fourth-order valence-electron chi connectivity index (χ4n) is 3.87. The minimum Gasteiger partial charge on any atom is -0.322 e. The number of aryl methyl sites for hydroxylation is 1. The number of alkyl halides is 3. The van der Waals surface area contributed by atoms with Crippen LogP contribution in [0, 0.1) is 0 Å². The first-order valence-electron chi connectivity index (χ1n) is 8.06. The van der Waals surface area contributed by atoms with Crippen LogP contribution in [-0.2, 0) is 18.6 Å². The van der Waals surface area contributed by atoms with E-state index in [0.717, 1.165) is 28.4 Å². The topological polar surface area (TPSA) is 46.9 Å². The van der Waals surface area contributed by atoms with E-state index < -0.39 is 23.3 Å². The Kier molecular flexibility index (Phi) is 3.93. The number of carbonyl (C=O) groups is 1. The van der Waals surface area contributed by atoms with Crippen molar-refractivity contribution < 1.29 is 18.0 Å². The number of nitrogens with one attached hydrogen (secondary N) is 1. The van der Waals surface area contributed by atoms with Crippen LogP contribution in [0.5, 0.6) is 0 Å². The SMILES string of the molecule is CC1CC(C)(C)c2c(NC(=O)c3cn(C)nc3C(F)(F)F)cccc21. The third-order valence-corrected chi connectivity index (χ3v) is 4.71. The smallest absolute Gasteiger partial charge is 0.322 e. The molecule has 1 aromatic carbocycles. The van der Waals surface area contributed by atoms with Gasteiger partial charge in [-0.1, -0.05) is 32.9 Å². The predicted octanol–water partition coefficient (Wildman–Crippen LogP) is 4.48. The summed E-state index contributed by atoms with van der Waals surface area (Å²) in [5, 5.41) is 6.06. The van der Waals surface area contributed by atoms with Gasteiger partial charge in [-0.3, -0.25) is 9.48 Å². The average molecular weight is 351 g/mol. The molecular formula is C18H20F3N3O. The Labute approximate surface area is 144 Å². The second-order valence-corrected chi connectivity index (χ2v) is 7.28. The van der Waals surface area contributed by atoms with E-state index in [4.69, 9.17) is 0 Å². The molecule has 1 aromatic heterocycles. The van der Waals surface area contributed by atoms with E-state index in [0.29, 0.717) is 11.6 Å². The molecule has 0 bridgehead atoms. The van der Waals surface area contributed by atoms with E-state index in [9.17, 15) is 18.0 Å². The molecule has 1 heterocycles. The van der Waals surface area contributed by atoms with Crippen molar-refractivity contribution >= 4 is 11.6 Å². The van der Waals surface area contributed by atoms with Crippen LogP contribution in [0.4, 0.5) is 18.9 Å². The molecule has 2 aromatic rings. The van der Waals surface area contributed by atoms with E-state index in [1.165, 1.54) is 7.05 Å². The number of nitrogens with zero attached hydrogens (tertiary/aromatic N) is 2. The van der Waals surface area contributed by atoms with Gasteiger partial charge in [-0.2, -0.15) is 18.3 Å². The van der Waals surface area contributed by atoms with E-state index in [1.807, 2.05) is 12.1 Å². The van der Waals surface area contributed by atoms with Crippen molar-refractivity contribution in [3.63, 3.8) is 0 Å². The zero-order chi connectivity index (χ0) is 18.6. The van der Waals surface area contributed by atoms with Crippen molar-refractivity contribution in [1.82, 2.24) is 9.78 Å². The molecule has 7 heteroatoms. The Bertz CT molecular complexity index is 837. The first-order chi connectivity index (χ1) is 11.5. The van der Waals surface area contributed by atoms with Crippen molar-refractivity contribution in [2.24, 2.45) is 7.05 Å². The van der Waals surface area contributed by atoms with Crippen LogP contribution in [0.2, 0.25) is 0 Å². The number of hydrogen-bond donors (Lipinski definition) is 1. The molecule has 25 heavy (non-hydrogen) atoms.